The second-order valence-corrected chi connectivity index (χ2v) is 4.55. The molecule has 0 spiro atoms. The Labute approximate surface area is 112 Å². The number of nitrogens with zero attached hydrogens (tertiary/aromatic N) is 3. The molecule has 1 aromatic carbocycles. The molecule has 102 valence electrons. The van der Waals surface area contributed by atoms with E-state index in [1.165, 1.54) is 16.5 Å². The summed E-state index contributed by atoms with van der Waals surface area (Å²) in [5.41, 5.74) is 1.77. The van der Waals surface area contributed by atoms with Crippen LogP contribution in [0.4, 0.5) is 0 Å². The number of carbonyl (C=O) groups is 2. The highest BCUT2D eigenvalue weighted by molar-refractivity contribution is 5.96. The van der Waals surface area contributed by atoms with Gasteiger partial charge in [-0.15, -0.1) is 0 Å². The van der Waals surface area contributed by atoms with Gasteiger partial charge in [-0.3, -0.25) is 4.40 Å². The molecular weight excluding hydrogens is 262 g/mol. The van der Waals surface area contributed by atoms with Gasteiger partial charge in [0.25, 0.3) is 0 Å². The average molecular weight is 273 g/mol. The molecule has 0 fully saturated rings. The van der Waals surface area contributed by atoms with Crippen LogP contribution in [0.3, 0.4) is 0 Å². The molecule has 20 heavy (non-hydrogen) atoms. The third-order valence-electron chi connectivity index (χ3n) is 3.46. The minimum Gasteiger partial charge on any atom is -0.478 e. The molecule has 0 aliphatic heterocycles. The van der Waals surface area contributed by atoms with E-state index in [1.807, 2.05) is 0 Å². The fourth-order valence-electron chi connectivity index (χ4n) is 2.36. The van der Waals surface area contributed by atoms with Crippen molar-refractivity contribution in [1.82, 2.24) is 14.0 Å². The van der Waals surface area contributed by atoms with Crippen LogP contribution in [0.25, 0.3) is 16.8 Å². The van der Waals surface area contributed by atoms with Crippen molar-refractivity contribution >= 4 is 28.7 Å². The Bertz CT molecular complexity index is 888. The van der Waals surface area contributed by atoms with Crippen LogP contribution in [0.15, 0.2) is 18.2 Å². The van der Waals surface area contributed by atoms with Gasteiger partial charge in [-0.05, 0) is 25.1 Å². The van der Waals surface area contributed by atoms with Gasteiger partial charge >= 0.3 is 11.9 Å². The van der Waals surface area contributed by atoms with Crippen molar-refractivity contribution in [1.29, 1.82) is 0 Å². The van der Waals surface area contributed by atoms with Crippen LogP contribution in [0.1, 0.15) is 26.5 Å². The summed E-state index contributed by atoms with van der Waals surface area (Å²) in [6.45, 7) is 1.69. The maximum atomic E-state index is 11.4. The lowest BCUT2D eigenvalue weighted by molar-refractivity contribution is 0.0682. The number of aryl methyl sites for hydroxylation is 1. The summed E-state index contributed by atoms with van der Waals surface area (Å²) in [6, 6.07) is 4.46. The topological polar surface area (TPSA) is 96.8 Å². The van der Waals surface area contributed by atoms with Gasteiger partial charge < -0.3 is 14.8 Å². The number of aromatic carboxylic acids is 2. The van der Waals surface area contributed by atoms with Crippen LogP contribution >= 0.6 is 0 Å². The highest BCUT2D eigenvalue weighted by Gasteiger charge is 2.22. The van der Waals surface area contributed by atoms with Gasteiger partial charge in [0, 0.05) is 12.7 Å². The number of hydrogen-bond acceptors (Lipinski definition) is 3. The first-order valence-corrected chi connectivity index (χ1v) is 5.86. The summed E-state index contributed by atoms with van der Waals surface area (Å²) < 4.78 is 3.14. The van der Waals surface area contributed by atoms with E-state index in [1.54, 1.807) is 24.6 Å². The molecule has 0 bridgehead atoms. The minimum absolute atomic E-state index is 0.0903. The lowest BCUT2D eigenvalue weighted by atomic mass is 10.2. The molecule has 0 aliphatic rings. The molecule has 7 heteroatoms. The van der Waals surface area contributed by atoms with Crippen molar-refractivity contribution < 1.29 is 19.8 Å². The van der Waals surface area contributed by atoms with E-state index < -0.39 is 11.9 Å². The van der Waals surface area contributed by atoms with Crippen molar-refractivity contribution in [3.05, 3.63) is 35.2 Å². The Morgan fingerprint density at radius 1 is 1.20 bits per heavy atom. The SMILES string of the molecule is Cc1c(C(=O)O)n2c3cc(C(=O)O)ccc3nc2n1C. The summed E-state index contributed by atoms with van der Waals surface area (Å²) >= 11 is 0. The molecule has 0 atom stereocenters. The number of hydrogen-bond donors (Lipinski definition) is 2. The smallest absolute Gasteiger partial charge is 0.354 e. The van der Waals surface area contributed by atoms with Crippen molar-refractivity contribution in [2.45, 2.75) is 6.92 Å². The molecule has 2 aromatic heterocycles. The number of carboxylic acids is 2. The molecule has 0 unspecified atom stereocenters. The molecule has 7 nitrogen and oxygen atoms in total. The Balaban J connectivity index is 2.52. The van der Waals surface area contributed by atoms with Crippen molar-refractivity contribution in [2.75, 3.05) is 0 Å². The van der Waals surface area contributed by atoms with Crippen LogP contribution in [-0.4, -0.2) is 36.1 Å². The number of imidazole rings is 2. The maximum Gasteiger partial charge on any atom is 0.354 e. The van der Waals surface area contributed by atoms with Crippen molar-refractivity contribution in [2.24, 2.45) is 7.05 Å². The second kappa shape index (κ2) is 3.83. The number of fused-ring (bicyclic) bond motifs is 3. The summed E-state index contributed by atoms with van der Waals surface area (Å²) in [7, 11) is 1.72. The predicted octanol–water partition coefficient (Wildman–Crippen LogP) is 1.53. The van der Waals surface area contributed by atoms with E-state index in [-0.39, 0.29) is 11.3 Å². The summed E-state index contributed by atoms with van der Waals surface area (Å²) in [5.74, 6) is -1.67. The molecule has 3 rings (SSSR count). The zero-order chi connectivity index (χ0) is 14.6. The Morgan fingerprint density at radius 3 is 2.50 bits per heavy atom. The number of benzene rings is 1. The minimum atomic E-state index is -1.08. The summed E-state index contributed by atoms with van der Waals surface area (Å²) in [5, 5.41) is 18.4. The van der Waals surface area contributed by atoms with E-state index in [0.717, 1.165) is 0 Å². The normalized spacial score (nSPS) is 11.3. The Kier molecular flexibility index (Phi) is 2.34. The van der Waals surface area contributed by atoms with Gasteiger partial charge in [-0.1, -0.05) is 0 Å². The third kappa shape index (κ3) is 1.43. The fourth-order valence-corrected chi connectivity index (χ4v) is 2.36. The lowest BCUT2D eigenvalue weighted by Crippen LogP contribution is -2.04. The summed E-state index contributed by atoms with van der Waals surface area (Å²) in [6.07, 6.45) is 0. The molecule has 0 amide bonds. The zero-order valence-corrected chi connectivity index (χ0v) is 10.8. The highest BCUT2D eigenvalue weighted by atomic mass is 16.4. The van der Waals surface area contributed by atoms with E-state index in [4.69, 9.17) is 5.11 Å². The van der Waals surface area contributed by atoms with E-state index in [9.17, 15) is 14.7 Å². The van der Waals surface area contributed by atoms with Crippen molar-refractivity contribution in [3.8, 4) is 0 Å². The quantitative estimate of drug-likeness (QED) is 0.738. The molecule has 0 saturated heterocycles. The van der Waals surface area contributed by atoms with Crippen LogP contribution in [0, 0.1) is 6.92 Å². The Morgan fingerprint density at radius 2 is 1.90 bits per heavy atom. The first kappa shape index (κ1) is 12.2. The molecule has 2 N–H and O–H groups in total. The van der Waals surface area contributed by atoms with E-state index in [2.05, 4.69) is 4.98 Å². The van der Waals surface area contributed by atoms with Gasteiger partial charge in [0.15, 0.2) is 5.69 Å². The highest BCUT2D eigenvalue weighted by Crippen LogP contribution is 2.23. The summed E-state index contributed by atoms with van der Waals surface area (Å²) in [4.78, 5) is 26.8. The first-order chi connectivity index (χ1) is 9.41. The van der Waals surface area contributed by atoms with Gasteiger partial charge in [0.05, 0.1) is 16.6 Å². The monoisotopic (exact) mass is 273 g/mol. The van der Waals surface area contributed by atoms with Gasteiger partial charge in [-0.25, -0.2) is 14.6 Å². The maximum absolute atomic E-state index is 11.4. The standard InChI is InChI=1S/C13H11N3O4/c1-6-10(12(19)20)16-9-5-7(11(17)18)3-4-8(9)14-13(16)15(6)2/h3-5H,1-2H3,(H,17,18)(H,19,20). The molecule has 2 heterocycles. The Hall–Kier alpha value is -2.83. The van der Waals surface area contributed by atoms with Crippen LogP contribution in [0.2, 0.25) is 0 Å². The van der Waals surface area contributed by atoms with Crippen LogP contribution in [0.5, 0.6) is 0 Å². The van der Waals surface area contributed by atoms with E-state index >= 15 is 0 Å². The van der Waals surface area contributed by atoms with E-state index in [0.29, 0.717) is 22.5 Å². The number of carboxylic acid groups (broad SMARTS) is 2. The first-order valence-electron chi connectivity index (χ1n) is 5.86. The fraction of sp³-hybridized carbons (Fsp3) is 0.154. The third-order valence-corrected chi connectivity index (χ3v) is 3.46. The zero-order valence-electron chi connectivity index (χ0n) is 10.8. The van der Waals surface area contributed by atoms with Crippen molar-refractivity contribution in [3.63, 3.8) is 0 Å². The molecule has 0 aliphatic carbocycles. The van der Waals surface area contributed by atoms with Crippen LogP contribution < -0.4 is 0 Å². The average Bonchev–Trinajstić information content (AvgIpc) is 2.86. The van der Waals surface area contributed by atoms with Gasteiger partial charge in [0.1, 0.15) is 0 Å². The van der Waals surface area contributed by atoms with Gasteiger partial charge in [-0.2, -0.15) is 0 Å². The predicted molar refractivity (Wildman–Crippen MR) is 70.3 cm³/mol. The molecule has 3 aromatic rings. The molecule has 0 saturated carbocycles. The second-order valence-electron chi connectivity index (χ2n) is 4.55. The van der Waals surface area contributed by atoms with Crippen LogP contribution in [-0.2, 0) is 7.05 Å². The molecule has 0 radical (unpaired) electrons. The van der Waals surface area contributed by atoms with Gasteiger partial charge in [0.2, 0.25) is 5.78 Å². The number of aromatic nitrogens is 3. The number of rotatable bonds is 2. The molecular formula is C13H11N3O4. The largest absolute Gasteiger partial charge is 0.478 e. The lowest BCUT2D eigenvalue weighted by Gasteiger charge is -1.99.